The summed E-state index contributed by atoms with van der Waals surface area (Å²) in [5.41, 5.74) is 0.290. The van der Waals surface area contributed by atoms with E-state index in [1.165, 1.54) is 11.8 Å². The molecular weight excluding hydrogens is 348 g/mol. The smallest absolute Gasteiger partial charge is 0.204 e. The Morgan fingerprint density at radius 1 is 1.00 bits per heavy atom. The summed E-state index contributed by atoms with van der Waals surface area (Å²) in [6, 6.07) is 9.43. The molecule has 2 rings (SSSR count). The van der Waals surface area contributed by atoms with Crippen molar-refractivity contribution >= 4 is 28.2 Å². The molecule has 0 aromatic heterocycles. The van der Waals surface area contributed by atoms with E-state index in [-0.39, 0.29) is 6.61 Å². The molecule has 0 aliphatic carbocycles. The molecule has 0 fully saturated rings. The normalized spacial score (nSPS) is 10.7. The molecule has 1 nitrogen and oxygen atoms in total. The number of thiocarbonyl (C=S) groups is 1. The molecule has 0 aliphatic rings. The Bertz CT molecular complexity index is 691. The lowest BCUT2D eigenvalue weighted by atomic mass is 10.2. The lowest BCUT2D eigenvalue weighted by molar-refractivity contribution is 0.311. The van der Waals surface area contributed by atoms with Crippen molar-refractivity contribution in [1.82, 2.24) is 0 Å². The molecule has 2 aromatic carbocycles. The maximum atomic E-state index is 13.6. The van der Waals surface area contributed by atoms with Gasteiger partial charge in [0.2, 0.25) is 11.6 Å². The number of ether oxygens (including phenoxy) is 1. The Morgan fingerprint density at radius 2 is 1.57 bits per heavy atom. The van der Waals surface area contributed by atoms with Gasteiger partial charge in [-0.3, -0.25) is 0 Å². The average molecular weight is 360 g/mol. The van der Waals surface area contributed by atoms with Crippen molar-refractivity contribution in [2.24, 2.45) is 0 Å². The van der Waals surface area contributed by atoms with E-state index in [9.17, 15) is 17.6 Å². The molecule has 2 aromatic rings. The van der Waals surface area contributed by atoms with E-state index in [4.69, 9.17) is 17.0 Å². The van der Waals surface area contributed by atoms with Gasteiger partial charge in [-0.2, -0.15) is 8.78 Å². The van der Waals surface area contributed by atoms with E-state index in [0.29, 0.717) is 9.95 Å². The molecule has 0 bridgehead atoms. The largest absolute Gasteiger partial charge is 0.481 e. The molecule has 122 valence electrons. The van der Waals surface area contributed by atoms with Crippen LogP contribution in [0.15, 0.2) is 30.3 Å². The highest BCUT2D eigenvalue weighted by Gasteiger charge is 2.24. The standard InChI is InChI=1S/C16H12F4OS2/c1-9-12(17)14(19)16(15(20)13(9)18)21-7-11(22)23-8-10-5-3-2-4-6-10/h2-6H,7-8H2,1H3. The number of halogens is 4. The van der Waals surface area contributed by atoms with Crippen molar-refractivity contribution in [3.05, 3.63) is 64.7 Å². The highest BCUT2D eigenvalue weighted by Crippen LogP contribution is 2.29. The van der Waals surface area contributed by atoms with Gasteiger partial charge in [0.1, 0.15) is 6.61 Å². The Morgan fingerprint density at radius 3 is 2.13 bits per heavy atom. The molecule has 0 amide bonds. The summed E-state index contributed by atoms with van der Waals surface area (Å²) in [6.07, 6.45) is 0. The third kappa shape index (κ3) is 4.23. The third-order valence-corrected chi connectivity index (χ3v) is 4.41. The van der Waals surface area contributed by atoms with E-state index < -0.39 is 34.6 Å². The molecule has 0 N–H and O–H groups in total. The summed E-state index contributed by atoms with van der Waals surface area (Å²) >= 11 is 6.28. The minimum Gasteiger partial charge on any atom is -0.481 e. The topological polar surface area (TPSA) is 9.23 Å². The molecule has 0 unspecified atom stereocenters. The van der Waals surface area contributed by atoms with Crippen molar-refractivity contribution in [3.8, 4) is 5.75 Å². The molecule has 0 radical (unpaired) electrons. The quantitative estimate of drug-likeness (QED) is 0.412. The first kappa shape index (κ1) is 17.7. The Balaban J connectivity index is 2.00. The zero-order chi connectivity index (χ0) is 17.0. The van der Waals surface area contributed by atoms with Crippen LogP contribution >= 0.6 is 24.0 Å². The van der Waals surface area contributed by atoms with Crippen LogP contribution in [0.2, 0.25) is 0 Å². The van der Waals surface area contributed by atoms with E-state index >= 15 is 0 Å². The van der Waals surface area contributed by atoms with Crippen molar-refractivity contribution < 1.29 is 22.3 Å². The van der Waals surface area contributed by atoms with Crippen LogP contribution in [0.4, 0.5) is 17.6 Å². The van der Waals surface area contributed by atoms with Gasteiger partial charge in [0.15, 0.2) is 17.4 Å². The van der Waals surface area contributed by atoms with Crippen molar-refractivity contribution in [3.63, 3.8) is 0 Å². The Kier molecular flexibility index (Phi) is 6.01. The van der Waals surface area contributed by atoms with Crippen molar-refractivity contribution in [1.29, 1.82) is 0 Å². The SMILES string of the molecule is Cc1c(F)c(F)c(OCC(=S)SCc2ccccc2)c(F)c1F. The van der Waals surface area contributed by atoms with Crippen LogP contribution in [0, 0.1) is 30.2 Å². The highest BCUT2D eigenvalue weighted by atomic mass is 32.2. The van der Waals surface area contributed by atoms with Crippen LogP contribution in [0.1, 0.15) is 11.1 Å². The summed E-state index contributed by atoms with van der Waals surface area (Å²) in [7, 11) is 0. The first-order chi connectivity index (χ1) is 10.9. The molecule has 0 aliphatic heterocycles. The molecule has 0 saturated carbocycles. The Labute approximate surface area is 140 Å². The predicted molar refractivity (Wildman–Crippen MR) is 86.8 cm³/mol. The van der Waals surface area contributed by atoms with Crippen LogP contribution < -0.4 is 4.74 Å². The predicted octanol–water partition coefficient (Wildman–Crippen LogP) is 5.19. The molecule has 0 heterocycles. The summed E-state index contributed by atoms with van der Waals surface area (Å²) in [5, 5.41) is 0. The molecular formula is C16H12F4OS2. The van der Waals surface area contributed by atoms with Gasteiger partial charge in [0, 0.05) is 11.3 Å². The zero-order valence-corrected chi connectivity index (χ0v) is 13.7. The highest BCUT2D eigenvalue weighted by molar-refractivity contribution is 8.22. The van der Waals surface area contributed by atoms with Gasteiger partial charge < -0.3 is 4.74 Å². The molecule has 23 heavy (non-hydrogen) atoms. The maximum Gasteiger partial charge on any atom is 0.204 e. The lowest BCUT2D eigenvalue weighted by Crippen LogP contribution is -2.11. The minimum absolute atomic E-state index is 0.314. The summed E-state index contributed by atoms with van der Waals surface area (Å²) < 4.78 is 59.3. The molecule has 0 atom stereocenters. The Hall–Kier alpha value is -1.60. The van der Waals surface area contributed by atoms with E-state index in [0.717, 1.165) is 12.5 Å². The van der Waals surface area contributed by atoms with E-state index in [2.05, 4.69) is 0 Å². The van der Waals surface area contributed by atoms with Gasteiger partial charge in [-0.25, -0.2) is 8.78 Å². The van der Waals surface area contributed by atoms with Crippen LogP contribution in [-0.2, 0) is 5.75 Å². The fraction of sp³-hybridized carbons (Fsp3) is 0.188. The monoisotopic (exact) mass is 360 g/mol. The van der Waals surface area contributed by atoms with Crippen molar-refractivity contribution in [2.45, 2.75) is 12.7 Å². The van der Waals surface area contributed by atoms with Crippen LogP contribution in [0.3, 0.4) is 0 Å². The molecule has 0 saturated heterocycles. The number of hydrogen-bond acceptors (Lipinski definition) is 3. The third-order valence-electron chi connectivity index (χ3n) is 3.02. The fourth-order valence-electron chi connectivity index (χ4n) is 1.76. The van der Waals surface area contributed by atoms with Crippen LogP contribution in [0.25, 0.3) is 0 Å². The lowest BCUT2D eigenvalue weighted by Gasteiger charge is -2.11. The van der Waals surface area contributed by atoms with Gasteiger partial charge in [-0.05, 0) is 12.5 Å². The van der Waals surface area contributed by atoms with E-state index in [1.54, 1.807) is 0 Å². The maximum absolute atomic E-state index is 13.6. The number of hydrogen-bond donors (Lipinski definition) is 0. The number of thioether (sulfide) groups is 1. The minimum atomic E-state index is -1.56. The van der Waals surface area contributed by atoms with E-state index in [1.807, 2.05) is 30.3 Å². The second kappa shape index (κ2) is 7.79. The first-order valence-corrected chi connectivity index (χ1v) is 7.96. The summed E-state index contributed by atoms with van der Waals surface area (Å²) in [5.74, 6) is -6.59. The second-order valence-corrected chi connectivity index (χ2v) is 6.47. The first-order valence-electron chi connectivity index (χ1n) is 6.56. The van der Waals surface area contributed by atoms with Crippen LogP contribution in [0.5, 0.6) is 5.75 Å². The zero-order valence-electron chi connectivity index (χ0n) is 12.0. The van der Waals surface area contributed by atoms with Gasteiger partial charge in [0.25, 0.3) is 0 Å². The van der Waals surface area contributed by atoms with Crippen molar-refractivity contribution in [2.75, 3.05) is 6.61 Å². The van der Waals surface area contributed by atoms with Gasteiger partial charge in [-0.15, -0.1) is 11.8 Å². The van der Waals surface area contributed by atoms with Gasteiger partial charge in [-0.1, -0.05) is 42.5 Å². The molecule has 0 spiro atoms. The fourth-order valence-corrected chi connectivity index (χ4v) is 2.66. The van der Waals surface area contributed by atoms with Crippen LogP contribution in [-0.4, -0.2) is 10.8 Å². The summed E-state index contributed by atoms with van der Waals surface area (Å²) in [6.45, 7) is 0.615. The number of rotatable bonds is 5. The molecule has 7 heteroatoms. The van der Waals surface area contributed by atoms with Gasteiger partial charge in [0.05, 0.1) is 4.20 Å². The number of benzene rings is 2. The summed E-state index contributed by atoms with van der Waals surface area (Å²) in [4.78, 5) is 0. The van der Waals surface area contributed by atoms with Gasteiger partial charge >= 0.3 is 0 Å². The average Bonchev–Trinajstić information content (AvgIpc) is 2.57. The second-order valence-electron chi connectivity index (χ2n) is 4.65.